The van der Waals surface area contributed by atoms with Gasteiger partial charge in [-0.25, -0.2) is 0 Å². The Bertz CT molecular complexity index is 889. The summed E-state index contributed by atoms with van der Waals surface area (Å²) in [7, 11) is 0. The number of amides is 1. The Kier molecular flexibility index (Phi) is 43.5. The molecule has 0 fully saturated rings. The number of rotatable bonds is 44. The predicted octanol–water partition coefficient (Wildman–Crippen LogP) is 13.3. The minimum Gasteiger partial charge on any atom is -0.394 e. The van der Waals surface area contributed by atoms with E-state index in [1.165, 1.54) is 161 Å². The van der Waals surface area contributed by atoms with Gasteiger partial charge in [-0.05, 0) is 64.2 Å². The maximum Gasteiger partial charge on any atom is 0.249 e. The van der Waals surface area contributed by atoms with Crippen LogP contribution in [-0.4, -0.2) is 57.3 Å². The molecular weight excluding hydrogens is 695 g/mol. The zero-order valence-electron chi connectivity index (χ0n) is 37.1. The van der Waals surface area contributed by atoms with E-state index in [1.807, 2.05) is 0 Å². The molecule has 4 atom stereocenters. The molecule has 0 aromatic carbocycles. The number of aliphatic hydroxyl groups is 4. The van der Waals surface area contributed by atoms with Crippen molar-refractivity contribution in [3.8, 4) is 0 Å². The minimum atomic E-state index is -1.29. The average Bonchev–Trinajstić information content (AvgIpc) is 3.20. The first-order valence-corrected chi connectivity index (χ1v) is 24.4. The molecule has 0 aromatic heterocycles. The van der Waals surface area contributed by atoms with Gasteiger partial charge < -0.3 is 25.7 Å². The molecule has 0 aliphatic heterocycles. The lowest BCUT2D eigenvalue weighted by molar-refractivity contribution is -0.132. The predicted molar refractivity (Wildman–Crippen MR) is 242 cm³/mol. The summed E-state index contributed by atoms with van der Waals surface area (Å²) >= 11 is 0. The molecule has 0 aromatic rings. The number of allylic oxidation sites excluding steroid dienone is 6. The van der Waals surface area contributed by atoms with Gasteiger partial charge in [0, 0.05) is 0 Å². The van der Waals surface area contributed by atoms with Crippen LogP contribution in [0.15, 0.2) is 36.5 Å². The van der Waals surface area contributed by atoms with E-state index in [-0.39, 0.29) is 0 Å². The lowest BCUT2D eigenvalue weighted by Crippen LogP contribution is -2.53. The number of carbonyl (C=O) groups excluding carboxylic acids is 1. The van der Waals surface area contributed by atoms with E-state index in [2.05, 4.69) is 55.6 Å². The van der Waals surface area contributed by atoms with E-state index in [4.69, 9.17) is 0 Å². The highest BCUT2D eigenvalue weighted by molar-refractivity contribution is 5.80. The van der Waals surface area contributed by atoms with E-state index >= 15 is 0 Å². The number of hydrogen-bond acceptors (Lipinski definition) is 5. The summed E-state index contributed by atoms with van der Waals surface area (Å²) in [5.74, 6) is -0.600. The van der Waals surface area contributed by atoms with Crippen molar-refractivity contribution < 1.29 is 25.2 Å². The van der Waals surface area contributed by atoms with Gasteiger partial charge in [-0.2, -0.15) is 0 Å². The lowest BCUT2D eigenvalue weighted by atomic mass is 10.00. The Labute approximate surface area is 347 Å². The van der Waals surface area contributed by atoms with Crippen molar-refractivity contribution in [3.63, 3.8) is 0 Å². The van der Waals surface area contributed by atoms with E-state index < -0.39 is 36.9 Å². The molecule has 6 heteroatoms. The summed E-state index contributed by atoms with van der Waals surface area (Å²) < 4.78 is 0. The van der Waals surface area contributed by atoms with E-state index in [0.717, 1.165) is 51.4 Å². The van der Waals surface area contributed by atoms with Crippen molar-refractivity contribution in [1.82, 2.24) is 5.32 Å². The van der Waals surface area contributed by atoms with Crippen LogP contribution >= 0.6 is 0 Å². The van der Waals surface area contributed by atoms with Crippen molar-refractivity contribution in [2.75, 3.05) is 6.61 Å². The highest BCUT2D eigenvalue weighted by Gasteiger charge is 2.28. The summed E-state index contributed by atoms with van der Waals surface area (Å²) in [5.41, 5.74) is 0. The maximum atomic E-state index is 12.5. The first-order valence-electron chi connectivity index (χ1n) is 24.4. The van der Waals surface area contributed by atoms with Crippen LogP contribution in [0.1, 0.15) is 245 Å². The topological polar surface area (TPSA) is 110 Å². The third kappa shape index (κ3) is 38.1. The molecule has 1 amide bonds. The zero-order valence-corrected chi connectivity index (χ0v) is 37.1. The Morgan fingerprint density at radius 3 is 1.12 bits per heavy atom. The third-order valence-corrected chi connectivity index (χ3v) is 11.3. The van der Waals surface area contributed by atoms with Gasteiger partial charge in [0.05, 0.1) is 18.8 Å². The van der Waals surface area contributed by atoms with Crippen LogP contribution < -0.4 is 5.32 Å². The van der Waals surface area contributed by atoms with Crippen LogP contribution in [0.5, 0.6) is 0 Å². The van der Waals surface area contributed by atoms with Gasteiger partial charge in [0.2, 0.25) is 5.91 Å². The maximum absolute atomic E-state index is 12.5. The number of aliphatic hydroxyl groups excluding tert-OH is 4. The number of nitrogens with one attached hydrogen (secondary N) is 1. The molecular formula is C50H95NO5. The fraction of sp³-hybridized carbons (Fsp3) is 0.860. The molecule has 0 spiro atoms. The molecule has 6 nitrogen and oxygen atoms in total. The molecule has 0 rings (SSSR count). The SMILES string of the molecule is CCCCCCCCCCCCCCCCCC/C=C/CC/C=C/CC/C=C/CCCC(O)C(O)C(CO)NC(=O)C(O)CCCCCCCCCCCCC. The zero-order chi connectivity index (χ0) is 41.0. The average molecular weight is 790 g/mol. The van der Waals surface area contributed by atoms with Crippen molar-refractivity contribution >= 4 is 5.91 Å². The van der Waals surface area contributed by atoms with Crippen LogP contribution in [0.25, 0.3) is 0 Å². The Morgan fingerprint density at radius 1 is 0.429 bits per heavy atom. The van der Waals surface area contributed by atoms with E-state index in [0.29, 0.717) is 19.3 Å². The minimum absolute atomic E-state index is 0.360. The number of hydrogen-bond donors (Lipinski definition) is 5. The smallest absolute Gasteiger partial charge is 0.249 e. The second kappa shape index (κ2) is 44.6. The fourth-order valence-corrected chi connectivity index (χ4v) is 7.44. The van der Waals surface area contributed by atoms with Crippen LogP contribution in [0.3, 0.4) is 0 Å². The molecule has 5 N–H and O–H groups in total. The third-order valence-electron chi connectivity index (χ3n) is 11.3. The molecule has 0 radical (unpaired) electrons. The van der Waals surface area contributed by atoms with Gasteiger partial charge >= 0.3 is 0 Å². The molecule has 0 aliphatic rings. The summed E-state index contributed by atoms with van der Waals surface area (Å²) in [5, 5.41) is 43.6. The van der Waals surface area contributed by atoms with Crippen LogP contribution in [0.2, 0.25) is 0 Å². The van der Waals surface area contributed by atoms with Gasteiger partial charge in [0.25, 0.3) is 0 Å². The van der Waals surface area contributed by atoms with Crippen LogP contribution in [0.4, 0.5) is 0 Å². The fourth-order valence-electron chi connectivity index (χ4n) is 7.44. The van der Waals surface area contributed by atoms with Crippen molar-refractivity contribution in [1.29, 1.82) is 0 Å². The molecule has 56 heavy (non-hydrogen) atoms. The first kappa shape index (κ1) is 54.5. The summed E-state index contributed by atoms with van der Waals surface area (Å²) in [4.78, 5) is 12.5. The van der Waals surface area contributed by atoms with Gasteiger partial charge in [-0.15, -0.1) is 0 Å². The van der Waals surface area contributed by atoms with Crippen LogP contribution in [-0.2, 0) is 4.79 Å². The number of unbranched alkanes of at least 4 members (excludes halogenated alkanes) is 29. The Hall–Kier alpha value is -1.47. The lowest BCUT2D eigenvalue weighted by Gasteiger charge is -2.27. The summed E-state index contributed by atoms with van der Waals surface area (Å²) in [6, 6.07) is -1.01. The molecule has 0 heterocycles. The molecule has 0 bridgehead atoms. The van der Waals surface area contributed by atoms with Crippen molar-refractivity contribution in [2.24, 2.45) is 0 Å². The molecule has 4 unspecified atom stereocenters. The normalized spacial score (nSPS) is 14.3. The molecule has 0 saturated carbocycles. The van der Waals surface area contributed by atoms with E-state index in [9.17, 15) is 25.2 Å². The second-order valence-electron chi connectivity index (χ2n) is 16.8. The largest absolute Gasteiger partial charge is 0.394 e. The Morgan fingerprint density at radius 2 is 0.750 bits per heavy atom. The first-order chi connectivity index (χ1) is 27.5. The van der Waals surface area contributed by atoms with Crippen molar-refractivity contribution in [2.45, 2.75) is 269 Å². The molecule has 0 aliphatic carbocycles. The van der Waals surface area contributed by atoms with Gasteiger partial charge in [0.15, 0.2) is 0 Å². The summed E-state index contributed by atoms with van der Waals surface area (Å²) in [6.45, 7) is 4.03. The standard InChI is InChI=1S/C50H95NO5/c1-3-5-7-9-11-13-15-16-17-18-19-20-21-22-23-24-25-26-27-28-29-30-31-32-34-35-37-39-41-43-47(53)49(55)46(45-52)51-50(56)48(54)44-42-40-38-36-33-14-12-10-8-6-4-2/h26-27,30-31,35,37,46-49,52-55H,3-25,28-29,32-34,36,38-45H2,1-2H3,(H,51,56)/b27-26+,31-30+,37-35+. The van der Waals surface area contributed by atoms with Gasteiger partial charge in [-0.1, -0.05) is 217 Å². The quantitative estimate of drug-likeness (QED) is 0.0312. The van der Waals surface area contributed by atoms with Crippen LogP contribution in [0, 0.1) is 0 Å². The van der Waals surface area contributed by atoms with Gasteiger partial charge in [0.1, 0.15) is 12.2 Å². The highest BCUT2D eigenvalue weighted by atomic mass is 16.3. The Balaban J connectivity index is 3.71. The van der Waals surface area contributed by atoms with Crippen molar-refractivity contribution in [3.05, 3.63) is 36.5 Å². The van der Waals surface area contributed by atoms with Gasteiger partial charge in [-0.3, -0.25) is 4.79 Å². The molecule has 0 saturated heterocycles. The van der Waals surface area contributed by atoms with E-state index in [1.54, 1.807) is 0 Å². The summed E-state index contributed by atoms with van der Waals surface area (Å²) in [6.07, 6.45) is 53.5. The number of carbonyl (C=O) groups is 1. The monoisotopic (exact) mass is 790 g/mol. The molecule has 330 valence electrons. The second-order valence-corrected chi connectivity index (χ2v) is 16.8. The highest BCUT2D eigenvalue weighted by Crippen LogP contribution is 2.16.